The van der Waals surface area contributed by atoms with Crippen LogP contribution in [0.2, 0.25) is 15.1 Å². The van der Waals surface area contributed by atoms with Gasteiger partial charge >= 0.3 is 11.9 Å². The Morgan fingerprint density at radius 3 is 1.49 bits per heavy atom. The van der Waals surface area contributed by atoms with E-state index in [0.29, 0.717) is 65.0 Å². The first-order valence-electron chi connectivity index (χ1n) is 43.2. The smallest absolute Gasteiger partial charge is 0.323 e. The van der Waals surface area contributed by atoms with Crippen molar-refractivity contribution in [1.82, 2.24) is 49.5 Å². The molecule has 2 saturated heterocycles. The summed E-state index contributed by atoms with van der Waals surface area (Å²) in [6.07, 6.45) is 17.0. The van der Waals surface area contributed by atoms with E-state index in [1.165, 1.54) is 84.5 Å². The van der Waals surface area contributed by atoms with E-state index in [9.17, 15) is 19.2 Å². The molecule has 668 valence electrons. The molecule has 126 heavy (non-hydrogen) atoms. The molecule has 0 radical (unpaired) electrons. The summed E-state index contributed by atoms with van der Waals surface area (Å²) in [5.41, 5.74) is 15.8. The van der Waals surface area contributed by atoms with Crippen molar-refractivity contribution in [3.8, 4) is 0 Å². The lowest BCUT2D eigenvalue weighted by molar-refractivity contribution is -0.154. The molecule has 0 spiro atoms. The van der Waals surface area contributed by atoms with Crippen LogP contribution in [0.3, 0.4) is 0 Å². The number of nitrogens with zero attached hydrogens (tertiary/aromatic N) is 13. The van der Waals surface area contributed by atoms with E-state index in [0.717, 1.165) is 109 Å². The molecule has 2 amide bonds. The number of likely N-dealkylation sites (tertiary alicyclic amines) is 2. The Balaban J connectivity index is 0.000000154. The number of hydrogen-bond donors (Lipinski definition) is 0. The second kappa shape index (κ2) is 46.0. The largest absolute Gasteiger partial charge is 0.465 e. The summed E-state index contributed by atoms with van der Waals surface area (Å²) >= 11 is 30.0. The van der Waals surface area contributed by atoms with E-state index in [1.807, 2.05) is 161 Å². The molecule has 27 heteroatoms. The molecule has 0 bridgehead atoms. The van der Waals surface area contributed by atoms with E-state index >= 15 is 0 Å². The molecular formula is C99H115Cl3I5N13O6. The summed E-state index contributed by atoms with van der Waals surface area (Å²) in [5, 5.41) is 5.32. The van der Waals surface area contributed by atoms with Gasteiger partial charge in [0.25, 0.3) is 0 Å². The normalized spacial score (nSPS) is 17.8. The molecule has 19 nitrogen and oxygen atoms in total. The van der Waals surface area contributed by atoms with Gasteiger partial charge in [-0.15, -0.1) is 0 Å². The summed E-state index contributed by atoms with van der Waals surface area (Å²) in [4.78, 5) is 93.6. The highest BCUT2D eigenvalue weighted by Gasteiger charge is 2.48. The van der Waals surface area contributed by atoms with Crippen molar-refractivity contribution in [2.75, 3.05) is 63.2 Å². The van der Waals surface area contributed by atoms with Crippen LogP contribution in [0, 0.1) is 71.2 Å². The number of rotatable bonds is 22. The van der Waals surface area contributed by atoms with Crippen LogP contribution in [0.5, 0.6) is 0 Å². The Morgan fingerprint density at radius 2 is 0.944 bits per heavy atom. The molecule has 0 N–H and O–H groups in total. The molecule has 2 aliphatic carbocycles. The second-order valence-corrected chi connectivity index (χ2v) is 40.6. The van der Waals surface area contributed by atoms with Crippen molar-refractivity contribution in [3.05, 3.63) is 236 Å². The topological polar surface area (TPSA) is 187 Å². The predicted octanol–water partition coefficient (Wildman–Crippen LogP) is 24.3. The van der Waals surface area contributed by atoms with Gasteiger partial charge in [0, 0.05) is 100 Å². The van der Waals surface area contributed by atoms with Crippen LogP contribution in [0.4, 0.5) is 34.5 Å². The minimum Gasteiger partial charge on any atom is -0.465 e. The van der Waals surface area contributed by atoms with Gasteiger partial charge in [-0.2, -0.15) is 0 Å². The lowest BCUT2D eigenvalue weighted by atomic mass is 10.0. The van der Waals surface area contributed by atoms with Crippen molar-refractivity contribution in [3.63, 3.8) is 0 Å². The fourth-order valence-corrected chi connectivity index (χ4v) is 21.9. The number of aryl methyl sites for hydroxylation is 6. The lowest BCUT2D eigenvalue weighted by Gasteiger charge is -2.36. The van der Waals surface area contributed by atoms with Gasteiger partial charge < -0.3 is 34.0 Å². The lowest BCUT2D eigenvalue weighted by Crippen LogP contribution is -2.54. The van der Waals surface area contributed by atoms with E-state index < -0.39 is 12.1 Å². The Morgan fingerprint density at radius 1 is 0.476 bits per heavy atom. The first-order chi connectivity index (χ1) is 60.1. The van der Waals surface area contributed by atoms with E-state index in [1.54, 1.807) is 19.0 Å². The van der Waals surface area contributed by atoms with Crippen LogP contribution < -0.4 is 14.7 Å². The highest BCUT2D eigenvalue weighted by Crippen LogP contribution is 2.45. The third-order valence-electron chi connectivity index (χ3n) is 25.5. The summed E-state index contributed by atoms with van der Waals surface area (Å²) in [7, 11) is 9.79. The third kappa shape index (κ3) is 24.1. The number of anilines is 6. The van der Waals surface area contributed by atoms with E-state index in [-0.39, 0.29) is 47.9 Å². The maximum Gasteiger partial charge on any atom is 0.323 e. The first kappa shape index (κ1) is 100. The van der Waals surface area contributed by atoms with E-state index in [4.69, 9.17) is 44.3 Å². The van der Waals surface area contributed by atoms with Crippen molar-refractivity contribution >= 4 is 239 Å². The monoisotopic (exact) mass is 2320 g/mol. The molecule has 4 fully saturated rings. The van der Waals surface area contributed by atoms with E-state index in [2.05, 4.69) is 274 Å². The molecule has 10 atom stereocenters. The second-order valence-electron chi connectivity index (χ2n) is 33.5. The quantitative estimate of drug-likeness (QED) is 0.0460. The van der Waals surface area contributed by atoms with Crippen LogP contribution in [0.15, 0.2) is 159 Å². The van der Waals surface area contributed by atoms with Gasteiger partial charge in [0.15, 0.2) is 0 Å². The SMILES string of the molecule is CCOC(=O)[C@H](CCc1ccc(I)cc1)N(C)[C@@H](C)C(=O)N1[C@H](C)C[C@@H]2CCC[C@@H]21.CCOC(=O)[C@H](CCc1ccccc1I)N(C)[C@@H](C)C(=O)N1[C@H](C)C[C@@H]2CCC[C@@H]21.Cc1cc2c(N(C)c3cccc(Cl)c3)ncnc2c(I)c1C.Cc1cc2ncnc(N(C)c3cc(Cl)ccc3I)c2cc1C.Cc1cc2ncnc(N(C)c3cccc(Cl)c3)c2c(I)c1C. The summed E-state index contributed by atoms with van der Waals surface area (Å²) < 4.78 is 16.6. The maximum absolute atomic E-state index is 13.5. The Bertz CT molecular complexity index is 5690. The Hall–Kier alpha value is -6.50. The Labute approximate surface area is 827 Å². The molecular weight excluding hydrogens is 2210 g/mol. The van der Waals surface area contributed by atoms with Crippen molar-refractivity contribution in [1.29, 1.82) is 0 Å². The number of halogens is 8. The molecule has 3 aromatic heterocycles. The predicted molar refractivity (Wildman–Crippen MR) is 558 cm³/mol. The molecule has 4 aliphatic rings. The molecule has 5 heterocycles. The summed E-state index contributed by atoms with van der Waals surface area (Å²) in [5.74, 6) is 3.80. The number of esters is 2. The average Bonchev–Trinajstić information content (AvgIpc) is 1.55. The van der Waals surface area contributed by atoms with Gasteiger partial charge in [-0.1, -0.05) is 90.1 Å². The number of ether oxygens (including phenoxy) is 2. The standard InChI is InChI=1S/2C24H35IN2O3.3C17H15ClIN3/c1-5-30-24(29)22(14-13-18-9-6-7-11-20(18)25)26(4)17(3)23(28)27-16(2)15-19-10-8-12-21(19)27;1-5-30-24(29)22(14-11-18-9-12-20(25)13-10-18)26(4)17(3)23(28)27-16(2)15-19-7-6-8-21(19)27;1-10-6-13-15(7-11(10)2)20-9-21-17(13)22(3)16-8-12(18)4-5-14(16)19;1-10-7-14-15(16(19)11(10)2)17(21-9-20-14)22(3)13-6-4-5-12(18)8-13;1-10-7-14-16(15(19)11(10)2)20-9-21-17(14)22(3)13-6-4-5-12(18)8-13/h6-7,9,11,16-17,19,21-22H,5,8,10,12-15H2,1-4H3;9-10,12-13,16-17,19,21-22H,5-8,11,14-15H2,1-4H3;3*4-9H,1-3H3/t2*16-,17+,19+,21+,22+;;;/m11.../s1. The van der Waals surface area contributed by atoms with Gasteiger partial charge in [-0.05, 0) is 428 Å². The number of aromatic nitrogens is 6. The zero-order chi connectivity index (χ0) is 91.2. The van der Waals surface area contributed by atoms with Gasteiger partial charge in [-0.25, -0.2) is 29.9 Å². The van der Waals surface area contributed by atoms with Crippen LogP contribution in [-0.2, 0) is 41.5 Å². The molecule has 2 saturated carbocycles. The summed E-state index contributed by atoms with van der Waals surface area (Å²) in [6, 6.07) is 46.3. The minimum absolute atomic E-state index is 0.156. The summed E-state index contributed by atoms with van der Waals surface area (Å²) in [6.45, 7) is 25.3. The maximum atomic E-state index is 13.5. The minimum atomic E-state index is -0.433. The van der Waals surface area contributed by atoms with Crippen molar-refractivity contribution in [2.45, 2.75) is 208 Å². The number of likely N-dealkylation sites (N-methyl/N-ethyl adjacent to an activating group) is 2. The average molecular weight is 2320 g/mol. The number of carbonyl (C=O) groups is 4. The Kier molecular flexibility index (Phi) is 36.6. The highest BCUT2D eigenvalue weighted by molar-refractivity contribution is 14.1. The van der Waals surface area contributed by atoms with Crippen LogP contribution >= 0.6 is 148 Å². The molecule has 0 unspecified atom stereocenters. The highest BCUT2D eigenvalue weighted by atomic mass is 127. The van der Waals surface area contributed by atoms with Crippen LogP contribution in [0.1, 0.15) is 150 Å². The molecule has 8 aromatic carbocycles. The van der Waals surface area contributed by atoms with Crippen LogP contribution in [-0.4, -0.2) is 170 Å². The molecule has 15 rings (SSSR count). The van der Waals surface area contributed by atoms with Gasteiger partial charge in [0.05, 0.1) is 52.9 Å². The van der Waals surface area contributed by atoms with Crippen molar-refractivity contribution < 1.29 is 28.7 Å². The fourth-order valence-electron chi connectivity index (χ4n) is 17.9. The first-order valence-corrected chi connectivity index (χ1v) is 49.7. The van der Waals surface area contributed by atoms with Crippen molar-refractivity contribution in [2.24, 2.45) is 11.8 Å². The number of benzene rings is 8. The van der Waals surface area contributed by atoms with Gasteiger partial charge in [0.2, 0.25) is 11.8 Å². The number of carbonyl (C=O) groups excluding carboxylic acids is 4. The third-order valence-corrected chi connectivity index (χ3v) is 31.6. The van der Waals surface area contributed by atoms with Gasteiger partial charge in [0.1, 0.15) is 48.5 Å². The number of fused-ring (bicyclic) bond motifs is 5. The molecule has 11 aromatic rings. The molecule has 2 aliphatic heterocycles. The zero-order valence-electron chi connectivity index (χ0n) is 75.0. The van der Waals surface area contributed by atoms with Gasteiger partial charge in [-0.3, -0.25) is 29.0 Å². The van der Waals surface area contributed by atoms with Crippen LogP contribution in [0.25, 0.3) is 32.7 Å². The zero-order valence-corrected chi connectivity index (χ0v) is 88.0. The fraction of sp³-hybridized carbons (Fsp3) is 0.414. The number of hydrogen-bond acceptors (Lipinski definition) is 17. The number of amides is 2.